The number of ether oxygens (including phenoxy) is 1. The van der Waals surface area contributed by atoms with E-state index in [1.54, 1.807) is 19.1 Å². The first kappa shape index (κ1) is 15.7. The minimum atomic E-state index is -3.49. The Bertz CT molecular complexity index is 850. The average molecular weight is 349 g/mol. The maximum absolute atomic E-state index is 12.9. The van der Waals surface area contributed by atoms with Crippen molar-refractivity contribution in [2.24, 2.45) is 5.92 Å². The number of hydrogen-bond acceptors (Lipinski definition) is 6. The number of fused-ring (bicyclic) bond motifs is 1. The Labute approximate surface area is 140 Å². The third kappa shape index (κ3) is 2.54. The zero-order valence-corrected chi connectivity index (χ0v) is 14.4. The molecule has 4 rings (SSSR count). The summed E-state index contributed by atoms with van der Waals surface area (Å²) in [5, 5.41) is 3.79. The third-order valence-corrected chi connectivity index (χ3v) is 6.73. The summed E-state index contributed by atoms with van der Waals surface area (Å²) in [7, 11) is -3.49. The number of nitrogens with zero attached hydrogens (tertiary/aromatic N) is 3. The molecule has 0 bridgehead atoms. The van der Waals surface area contributed by atoms with E-state index in [0.29, 0.717) is 36.1 Å². The summed E-state index contributed by atoms with van der Waals surface area (Å²) in [6.45, 7) is 4.41. The van der Waals surface area contributed by atoms with Gasteiger partial charge in [-0.2, -0.15) is 9.29 Å². The molecule has 7 nitrogen and oxygen atoms in total. The van der Waals surface area contributed by atoms with Gasteiger partial charge < -0.3 is 9.26 Å². The van der Waals surface area contributed by atoms with Crippen LogP contribution in [0.4, 0.5) is 0 Å². The van der Waals surface area contributed by atoms with E-state index >= 15 is 0 Å². The summed E-state index contributed by atoms with van der Waals surface area (Å²) in [5.41, 5.74) is 0.759. The predicted molar refractivity (Wildman–Crippen MR) is 84.7 cm³/mol. The molecule has 3 heterocycles. The highest BCUT2D eigenvalue weighted by Gasteiger charge is 2.47. The monoisotopic (exact) mass is 349 g/mol. The Morgan fingerprint density at radius 3 is 2.67 bits per heavy atom. The lowest BCUT2D eigenvalue weighted by Crippen LogP contribution is -2.31. The van der Waals surface area contributed by atoms with Crippen molar-refractivity contribution in [1.82, 2.24) is 14.4 Å². The average Bonchev–Trinajstić information content (AvgIpc) is 3.21. The molecule has 24 heavy (non-hydrogen) atoms. The summed E-state index contributed by atoms with van der Waals surface area (Å²) >= 11 is 0. The van der Waals surface area contributed by atoms with Gasteiger partial charge in [-0.25, -0.2) is 8.42 Å². The molecule has 0 spiro atoms. The van der Waals surface area contributed by atoms with Crippen molar-refractivity contribution in [1.29, 1.82) is 0 Å². The Kier molecular flexibility index (Phi) is 3.70. The lowest BCUT2D eigenvalue weighted by molar-refractivity contribution is 0.0251. The van der Waals surface area contributed by atoms with Gasteiger partial charge in [0, 0.05) is 19.0 Å². The van der Waals surface area contributed by atoms with Crippen LogP contribution in [0, 0.1) is 19.8 Å². The zero-order valence-electron chi connectivity index (χ0n) is 13.5. The molecule has 0 amide bonds. The van der Waals surface area contributed by atoms with Crippen LogP contribution in [-0.4, -0.2) is 42.1 Å². The largest absolute Gasteiger partial charge is 0.363 e. The van der Waals surface area contributed by atoms with Crippen LogP contribution >= 0.6 is 0 Å². The van der Waals surface area contributed by atoms with E-state index in [9.17, 15) is 8.42 Å². The molecule has 0 saturated carbocycles. The van der Waals surface area contributed by atoms with Gasteiger partial charge in [-0.1, -0.05) is 23.4 Å². The second-order valence-electron chi connectivity index (χ2n) is 6.43. The van der Waals surface area contributed by atoms with Crippen LogP contribution in [0.3, 0.4) is 0 Å². The van der Waals surface area contributed by atoms with Crippen molar-refractivity contribution in [2.75, 3.05) is 13.1 Å². The Morgan fingerprint density at radius 1 is 1.21 bits per heavy atom. The van der Waals surface area contributed by atoms with Crippen molar-refractivity contribution in [3.05, 3.63) is 41.5 Å². The molecule has 0 unspecified atom stereocenters. The summed E-state index contributed by atoms with van der Waals surface area (Å²) in [6.07, 6.45) is 0.344. The normalized spacial score (nSPS) is 27.5. The molecule has 0 N–H and O–H groups in total. The SMILES string of the molecule is Cc1noc([C@@H]2C[C@H]3CN(S(=O)(=O)c4ccccc4C)C[C@H]3O2)n1. The first-order valence-corrected chi connectivity index (χ1v) is 9.40. The van der Waals surface area contributed by atoms with Crippen LogP contribution in [0.1, 0.15) is 29.8 Å². The summed E-state index contributed by atoms with van der Waals surface area (Å²) in [4.78, 5) is 4.58. The highest BCUT2D eigenvalue weighted by molar-refractivity contribution is 7.89. The molecule has 0 aliphatic carbocycles. The second kappa shape index (κ2) is 5.65. The molecule has 0 radical (unpaired) electrons. The number of hydrogen-bond donors (Lipinski definition) is 0. The molecule has 2 fully saturated rings. The van der Waals surface area contributed by atoms with Crippen LogP contribution in [0.25, 0.3) is 0 Å². The van der Waals surface area contributed by atoms with Gasteiger partial charge in [0.2, 0.25) is 10.0 Å². The van der Waals surface area contributed by atoms with E-state index < -0.39 is 10.0 Å². The molecular weight excluding hydrogens is 330 g/mol. The topological polar surface area (TPSA) is 85.5 Å². The van der Waals surface area contributed by atoms with E-state index in [2.05, 4.69) is 10.1 Å². The molecule has 2 aliphatic heterocycles. The number of aryl methyl sites for hydroxylation is 2. The van der Waals surface area contributed by atoms with E-state index in [1.807, 2.05) is 19.1 Å². The van der Waals surface area contributed by atoms with Crippen LogP contribution < -0.4 is 0 Å². The number of rotatable bonds is 3. The van der Waals surface area contributed by atoms with Gasteiger partial charge in [0.25, 0.3) is 5.89 Å². The maximum atomic E-state index is 12.9. The van der Waals surface area contributed by atoms with E-state index in [1.165, 1.54) is 4.31 Å². The molecule has 2 saturated heterocycles. The van der Waals surface area contributed by atoms with Gasteiger partial charge in [0.05, 0.1) is 11.0 Å². The van der Waals surface area contributed by atoms with E-state index in [4.69, 9.17) is 9.26 Å². The molecular formula is C16H19N3O4S. The van der Waals surface area contributed by atoms with Gasteiger partial charge in [-0.3, -0.25) is 0 Å². The highest BCUT2D eigenvalue weighted by atomic mass is 32.2. The van der Waals surface area contributed by atoms with E-state index in [-0.39, 0.29) is 18.1 Å². The summed E-state index contributed by atoms with van der Waals surface area (Å²) in [6, 6.07) is 7.06. The Balaban J connectivity index is 1.50. The van der Waals surface area contributed by atoms with Gasteiger partial charge in [-0.05, 0) is 31.9 Å². The minimum absolute atomic E-state index is 0.124. The molecule has 2 aliphatic rings. The molecule has 2 aromatic rings. The predicted octanol–water partition coefficient (Wildman–Crippen LogP) is 1.84. The molecule has 3 atom stereocenters. The molecule has 128 valence electrons. The number of aromatic nitrogens is 2. The summed E-state index contributed by atoms with van der Waals surface area (Å²) < 4.78 is 38.4. The van der Waals surface area contributed by atoms with E-state index in [0.717, 1.165) is 5.56 Å². The fourth-order valence-corrected chi connectivity index (χ4v) is 5.24. The van der Waals surface area contributed by atoms with Crippen LogP contribution in [0.5, 0.6) is 0 Å². The van der Waals surface area contributed by atoms with Crippen LogP contribution in [0.15, 0.2) is 33.7 Å². The van der Waals surface area contributed by atoms with Crippen LogP contribution in [-0.2, 0) is 14.8 Å². The number of benzene rings is 1. The fourth-order valence-electron chi connectivity index (χ4n) is 3.51. The second-order valence-corrected chi connectivity index (χ2v) is 8.33. The first-order valence-electron chi connectivity index (χ1n) is 7.96. The Morgan fingerprint density at radius 2 is 2.00 bits per heavy atom. The fraction of sp³-hybridized carbons (Fsp3) is 0.500. The molecule has 1 aromatic carbocycles. The zero-order chi connectivity index (χ0) is 16.9. The lowest BCUT2D eigenvalue weighted by Gasteiger charge is -2.19. The highest BCUT2D eigenvalue weighted by Crippen LogP contribution is 2.41. The van der Waals surface area contributed by atoms with Crippen molar-refractivity contribution in [3.63, 3.8) is 0 Å². The lowest BCUT2D eigenvalue weighted by atomic mass is 10.0. The van der Waals surface area contributed by atoms with Gasteiger partial charge in [0.15, 0.2) is 5.82 Å². The van der Waals surface area contributed by atoms with Crippen LogP contribution in [0.2, 0.25) is 0 Å². The van der Waals surface area contributed by atoms with Crippen molar-refractivity contribution in [3.8, 4) is 0 Å². The van der Waals surface area contributed by atoms with Gasteiger partial charge >= 0.3 is 0 Å². The number of sulfonamides is 1. The Hall–Kier alpha value is -1.77. The minimum Gasteiger partial charge on any atom is -0.363 e. The smallest absolute Gasteiger partial charge is 0.255 e. The first-order chi connectivity index (χ1) is 11.4. The summed E-state index contributed by atoms with van der Waals surface area (Å²) in [5.74, 6) is 1.21. The maximum Gasteiger partial charge on any atom is 0.255 e. The van der Waals surface area contributed by atoms with Gasteiger partial charge in [-0.15, -0.1) is 0 Å². The van der Waals surface area contributed by atoms with Crippen molar-refractivity contribution in [2.45, 2.75) is 37.4 Å². The standard InChI is InChI=1S/C16H19N3O4S/c1-10-5-3-4-6-15(10)24(20,21)19-8-12-7-13(22-14(12)9-19)16-17-11(2)18-23-16/h3-6,12-14H,7-9H2,1-2H3/t12-,13-,14+/m0/s1. The van der Waals surface area contributed by atoms with Crippen molar-refractivity contribution >= 4 is 10.0 Å². The third-order valence-electron chi connectivity index (χ3n) is 4.73. The quantitative estimate of drug-likeness (QED) is 0.840. The van der Waals surface area contributed by atoms with Gasteiger partial charge in [0.1, 0.15) is 6.10 Å². The van der Waals surface area contributed by atoms with Crippen molar-refractivity contribution < 1.29 is 17.7 Å². The molecule has 8 heteroatoms. The molecule has 1 aromatic heterocycles.